The first kappa shape index (κ1) is 16.3. The number of methoxy groups -OCH3 is 2. The average Bonchev–Trinajstić information content (AvgIpc) is 3.18. The minimum absolute atomic E-state index is 0.0339. The molecule has 0 bridgehead atoms. The third kappa shape index (κ3) is 2.61. The van der Waals surface area contributed by atoms with E-state index in [0.29, 0.717) is 41.7 Å². The molecule has 0 aliphatic carbocycles. The summed E-state index contributed by atoms with van der Waals surface area (Å²) >= 11 is 0. The minimum Gasteiger partial charge on any atom is -0.493 e. The monoisotopic (exact) mass is 350 g/mol. The van der Waals surface area contributed by atoms with Gasteiger partial charge >= 0.3 is 0 Å². The zero-order valence-electron chi connectivity index (χ0n) is 14.6. The Morgan fingerprint density at radius 2 is 2.12 bits per heavy atom. The van der Waals surface area contributed by atoms with Crippen LogP contribution >= 0.6 is 0 Å². The lowest BCUT2D eigenvalue weighted by molar-refractivity contribution is 0.0998. The van der Waals surface area contributed by atoms with Crippen molar-refractivity contribution in [2.45, 2.75) is 6.42 Å². The Morgan fingerprint density at radius 1 is 1.23 bits per heavy atom. The van der Waals surface area contributed by atoms with Crippen LogP contribution in [0.1, 0.15) is 22.3 Å². The number of carbonyl (C=O) groups is 1. The van der Waals surface area contributed by atoms with Crippen molar-refractivity contribution < 1.29 is 14.3 Å². The smallest absolute Gasteiger partial charge is 0.187 e. The van der Waals surface area contributed by atoms with Crippen molar-refractivity contribution in [2.24, 2.45) is 9.98 Å². The molecule has 2 aromatic rings. The van der Waals surface area contributed by atoms with Gasteiger partial charge in [-0.05, 0) is 24.3 Å². The minimum atomic E-state index is -0.0339. The number of aromatic nitrogens is 1. The van der Waals surface area contributed by atoms with Crippen LogP contribution in [0.3, 0.4) is 0 Å². The van der Waals surface area contributed by atoms with Gasteiger partial charge < -0.3 is 14.4 Å². The van der Waals surface area contributed by atoms with Crippen molar-refractivity contribution in [3.8, 4) is 11.5 Å². The van der Waals surface area contributed by atoms with Crippen LogP contribution < -0.4 is 9.47 Å². The summed E-state index contributed by atoms with van der Waals surface area (Å²) < 4.78 is 10.9. The van der Waals surface area contributed by atoms with Crippen LogP contribution in [0.15, 0.2) is 46.6 Å². The van der Waals surface area contributed by atoms with E-state index in [9.17, 15) is 4.79 Å². The van der Waals surface area contributed by atoms with Gasteiger partial charge in [0.2, 0.25) is 0 Å². The maximum atomic E-state index is 12.6. The molecule has 0 fully saturated rings. The largest absolute Gasteiger partial charge is 0.493 e. The second kappa shape index (κ2) is 6.59. The molecule has 2 aliphatic rings. The quantitative estimate of drug-likeness (QED) is 0.774. The van der Waals surface area contributed by atoms with Crippen molar-refractivity contribution in [3.05, 3.63) is 47.8 Å². The number of carbonyl (C=O) groups excluding carboxylic acids is 1. The summed E-state index contributed by atoms with van der Waals surface area (Å²) in [4.78, 5) is 28.0. The normalized spacial score (nSPS) is 14.9. The second-order valence-corrected chi connectivity index (χ2v) is 5.92. The molecule has 3 heterocycles. The fourth-order valence-corrected chi connectivity index (χ4v) is 3.23. The molecule has 0 radical (unpaired) electrons. The highest BCUT2D eigenvalue weighted by atomic mass is 16.5. The van der Waals surface area contributed by atoms with Gasteiger partial charge in [0, 0.05) is 30.1 Å². The van der Waals surface area contributed by atoms with E-state index in [1.165, 1.54) is 0 Å². The van der Waals surface area contributed by atoms with Crippen molar-refractivity contribution in [1.29, 1.82) is 0 Å². The number of ketones is 1. The van der Waals surface area contributed by atoms with E-state index >= 15 is 0 Å². The molecule has 0 spiro atoms. The molecule has 7 heteroatoms. The van der Waals surface area contributed by atoms with Gasteiger partial charge in [-0.2, -0.15) is 0 Å². The first-order valence-corrected chi connectivity index (χ1v) is 8.31. The van der Waals surface area contributed by atoms with Crippen molar-refractivity contribution in [3.63, 3.8) is 0 Å². The number of pyridine rings is 1. The molecule has 1 aromatic carbocycles. The van der Waals surface area contributed by atoms with Crippen LogP contribution in [-0.4, -0.2) is 54.6 Å². The predicted molar refractivity (Wildman–Crippen MR) is 97.9 cm³/mol. The van der Waals surface area contributed by atoms with E-state index in [4.69, 9.17) is 14.5 Å². The first-order chi connectivity index (χ1) is 12.7. The number of benzene rings is 1. The van der Waals surface area contributed by atoms with Gasteiger partial charge in [-0.3, -0.25) is 14.8 Å². The summed E-state index contributed by atoms with van der Waals surface area (Å²) in [6.45, 7) is 1.38. The zero-order valence-corrected chi connectivity index (χ0v) is 14.6. The average molecular weight is 350 g/mol. The number of hydrogen-bond donors (Lipinski definition) is 0. The third-order valence-electron chi connectivity index (χ3n) is 4.46. The van der Waals surface area contributed by atoms with E-state index in [1.54, 1.807) is 38.7 Å². The number of nitrogens with zero attached hydrogens (tertiary/aromatic N) is 4. The van der Waals surface area contributed by atoms with Gasteiger partial charge in [0.05, 0.1) is 27.2 Å². The number of ether oxygens (including phenoxy) is 2. The van der Waals surface area contributed by atoms with Crippen molar-refractivity contribution in [2.75, 3.05) is 27.3 Å². The van der Waals surface area contributed by atoms with Crippen LogP contribution in [0, 0.1) is 0 Å². The van der Waals surface area contributed by atoms with Gasteiger partial charge in [-0.15, -0.1) is 0 Å². The van der Waals surface area contributed by atoms with E-state index in [-0.39, 0.29) is 12.2 Å². The van der Waals surface area contributed by atoms with E-state index in [0.717, 1.165) is 11.4 Å². The predicted octanol–water partition coefficient (Wildman–Crippen LogP) is 2.48. The molecule has 0 amide bonds. The highest BCUT2D eigenvalue weighted by Gasteiger charge is 2.33. The number of amidine groups is 2. The van der Waals surface area contributed by atoms with Gasteiger partial charge in [0.15, 0.2) is 17.3 Å². The molecule has 1 aromatic heterocycles. The van der Waals surface area contributed by atoms with Crippen molar-refractivity contribution in [1.82, 2.24) is 9.88 Å². The molecular weight excluding hydrogens is 332 g/mol. The van der Waals surface area contributed by atoms with Crippen LogP contribution in [0.4, 0.5) is 5.69 Å². The summed E-state index contributed by atoms with van der Waals surface area (Å²) in [6, 6.07) is 7.28. The molecule has 7 nitrogen and oxygen atoms in total. The standard InChI is InChI=1S/C19H18N4O3/c1-25-15-6-5-13-17(18(15)26-2)22-16(23-9-8-21-19(13)23)10-14(24)12-4-3-7-20-11-12/h3-7,11H,8-10H2,1-2H3. The van der Waals surface area contributed by atoms with Gasteiger partial charge in [-0.25, -0.2) is 4.99 Å². The van der Waals surface area contributed by atoms with Crippen LogP contribution in [0.2, 0.25) is 0 Å². The Kier molecular flexibility index (Phi) is 4.12. The lowest BCUT2D eigenvalue weighted by Crippen LogP contribution is -2.38. The maximum absolute atomic E-state index is 12.6. The molecule has 4 rings (SSSR count). The molecule has 0 saturated heterocycles. The maximum Gasteiger partial charge on any atom is 0.187 e. The number of rotatable bonds is 5. The van der Waals surface area contributed by atoms with E-state index in [1.807, 2.05) is 17.0 Å². The topological polar surface area (TPSA) is 76.4 Å². The molecule has 2 aliphatic heterocycles. The lowest BCUT2D eigenvalue weighted by atomic mass is 10.0. The van der Waals surface area contributed by atoms with Gasteiger partial charge in [-0.1, -0.05) is 0 Å². The summed E-state index contributed by atoms with van der Waals surface area (Å²) in [7, 11) is 3.17. The Balaban J connectivity index is 1.77. The summed E-state index contributed by atoms with van der Waals surface area (Å²) in [6.07, 6.45) is 3.39. The Labute approximate surface area is 151 Å². The molecular formula is C19H18N4O3. The second-order valence-electron chi connectivity index (χ2n) is 5.92. The number of aliphatic imine (C=N–C) groups is 2. The fraction of sp³-hybridized carbons (Fsp3) is 0.263. The number of Topliss-reactive ketones (excluding diaryl/α,β-unsaturated/α-hetero) is 1. The summed E-state index contributed by atoms with van der Waals surface area (Å²) in [5, 5.41) is 0. The number of fused-ring (bicyclic) bond motifs is 3. The van der Waals surface area contributed by atoms with Gasteiger partial charge in [0.1, 0.15) is 17.4 Å². The molecule has 132 valence electrons. The lowest BCUT2D eigenvalue weighted by Gasteiger charge is -2.28. The Hall–Kier alpha value is -3.22. The van der Waals surface area contributed by atoms with Crippen LogP contribution in [0.25, 0.3) is 0 Å². The molecule has 0 N–H and O–H groups in total. The molecule has 0 unspecified atom stereocenters. The highest BCUT2D eigenvalue weighted by Crippen LogP contribution is 2.43. The van der Waals surface area contributed by atoms with Crippen LogP contribution in [0.5, 0.6) is 11.5 Å². The van der Waals surface area contributed by atoms with E-state index in [2.05, 4.69) is 9.98 Å². The summed E-state index contributed by atoms with van der Waals surface area (Å²) in [5.41, 5.74) is 2.10. The molecule has 26 heavy (non-hydrogen) atoms. The Morgan fingerprint density at radius 3 is 2.85 bits per heavy atom. The Bertz CT molecular complexity index is 922. The molecule has 0 atom stereocenters. The summed E-state index contributed by atoms with van der Waals surface area (Å²) in [5.74, 6) is 2.60. The first-order valence-electron chi connectivity index (χ1n) is 8.31. The zero-order chi connectivity index (χ0) is 18.1. The highest BCUT2D eigenvalue weighted by molar-refractivity contribution is 6.21. The third-order valence-corrected chi connectivity index (χ3v) is 4.46. The van der Waals surface area contributed by atoms with Gasteiger partial charge in [0.25, 0.3) is 0 Å². The van der Waals surface area contributed by atoms with E-state index < -0.39 is 0 Å². The number of hydrogen-bond acceptors (Lipinski definition) is 7. The van der Waals surface area contributed by atoms with Crippen molar-refractivity contribution >= 4 is 23.1 Å². The van der Waals surface area contributed by atoms with Crippen LogP contribution in [-0.2, 0) is 0 Å². The fourth-order valence-electron chi connectivity index (χ4n) is 3.23. The SMILES string of the molecule is COc1ccc2c(c1OC)N=C(CC(=O)c1cccnc1)N1CCN=C21. The molecule has 0 saturated carbocycles.